The Balaban J connectivity index is 2.47. The Morgan fingerprint density at radius 2 is 1.91 bits per heavy atom. The fourth-order valence-corrected chi connectivity index (χ4v) is 3.11. The summed E-state index contributed by atoms with van der Waals surface area (Å²) in [6, 6.07) is 7.26. The average Bonchev–Trinajstić information content (AvgIpc) is 2.45. The Labute approximate surface area is 149 Å². The summed E-state index contributed by atoms with van der Waals surface area (Å²) in [5.74, 6) is -0.267. The highest BCUT2D eigenvalue weighted by Gasteiger charge is 2.22. The van der Waals surface area contributed by atoms with Crippen molar-refractivity contribution >= 4 is 39.1 Å². The van der Waals surface area contributed by atoms with Gasteiger partial charge in [-0.15, -0.1) is 0 Å². The zero-order chi connectivity index (χ0) is 17.3. The summed E-state index contributed by atoms with van der Waals surface area (Å²) in [7, 11) is 0. The predicted octanol–water partition coefficient (Wildman–Crippen LogP) is 5.80. The molecule has 0 radical (unpaired) electrons. The van der Waals surface area contributed by atoms with E-state index in [1.165, 1.54) is 0 Å². The molecule has 1 amide bonds. The third kappa shape index (κ3) is 3.70. The summed E-state index contributed by atoms with van der Waals surface area (Å²) >= 11 is 9.63. The Morgan fingerprint density at radius 1 is 1.26 bits per heavy atom. The molecule has 0 spiro atoms. The largest absolute Gasteiger partial charge is 0.507 e. The number of amides is 1. The summed E-state index contributed by atoms with van der Waals surface area (Å²) in [4.78, 5) is 12.7. The smallest absolute Gasteiger partial charge is 0.259 e. The molecule has 2 N–H and O–H groups in total. The molecule has 0 aliphatic heterocycles. The summed E-state index contributed by atoms with van der Waals surface area (Å²) in [5, 5.41) is 13.8. The van der Waals surface area contributed by atoms with Gasteiger partial charge in [-0.05, 0) is 54.7 Å². The van der Waals surface area contributed by atoms with Crippen LogP contribution in [0.5, 0.6) is 5.75 Å². The number of nitrogens with one attached hydrogen (secondary N) is 1. The minimum absolute atomic E-state index is 0.0152. The first-order valence-corrected chi connectivity index (χ1v) is 8.49. The first-order chi connectivity index (χ1) is 10.7. The van der Waals surface area contributed by atoms with Crippen molar-refractivity contribution < 1.29 is 9.90 Å². The van der Waals surface area contributed by atoms with Gasteiger partial charge in [-0.3, -0.25) is 4.79 Å². The molecular formula is C18H19BrClNO2. The van der Waals surface area contributed by atoms with Gasteiger partial charge in [0.1, 0.15) is 5.75 Å². The van der Waals surface area contributed by atoms with Crippen molar-refractivity contribution in [2.45, 2.75) is 33.6 Å². The van der Waals surface area contributed by atoms with Crippen LogP contribution in [-0.4, -0.2) is 11.0 Å². The van der Waals surface area contributed by atoms with Gasteiger partial charge in [0, 0.05) is 4.47 Å². The summed E-state index contributed by atoms with van der Waals surface area (Å²) < 4.78 is 0.791. The van der Waals surface area contributed by atoms with Gasteiger partial charge in [0.25, 0.3) is 5.91 Å². The number of aromatic hydroxyl groups is 1. The van der Waals surface area contributed by atoms with Crippen molar-refractivity contribution in [3.05, 3.63) is 56.0 Å². The lowest BCUT2D eigenvalue weighted by Gasteiger charge is -2.17. The molecule has 2 aromatic carbocycles. The van der Waals surface area contributed by atoms with Crippen LogP contribution in [0.1, 0.15) is 46.8 Å². The van der Waals surface area contributed by atoms with Crippen molar-refractivity contribution in [2.75, 3.05) is 5.32 Å². The molecule has 0 aromatic heterocycles. The zero-order valence-corrected chi connectivity index (χ0v) is 15.8. The SMILES string of the molecule is Cc1ccc(NC(=O)c2c(C)c(Br)cc(C(C)C)c2O)c(Cl)c1. The van der Waals surface area contributed by atoms with Gasteiger partial charge >= 0.3 is 0 Å². The highest BCUT2D eigenvalue weighted by Crippen LogP contribution is 2.36. The van der Waals surface area contributed by atoms with Crippen LogP contribution in [0.15, 0.2) is 28.7 Å². The van der Waals surface area contributed by atoms with E-state index in [2.05, 4.69) is 21.2 Å². The average molecular weight is 397 g/mol. The van der Waals surface area contributed by atoms with Gasteiger partial charge < -0.3 is 10.4 Å². The molecule has 0 aliphatic rings. The molecule has 122 valence electrons. The number of benzene rings is 2. The van der Waals surface area contributed by atoms with E-state index in [0.29, 0.717) is 16.3 Å². The summed E-state index contributed by atoms with van der Waals surface area (Å²) in [5.41, 5.74) is 3.21. The lowest BCUT2D eigenvalue weighted by Crippen LogP contribution is -2.15. The van der Waals surface area contributed by atoms with Crippen molar-refractivity contribution in [3.63, 3.8) is 0 Å². The van der Waals surface area contributed by atoms with Crippen LogP contribution in [0, 0.1) is 13.8 Å². The van der Waals surface area contributed by atoms with Gasteiger partial charge in [-0.2, -0.15) is 0 Å². The molecule has 0 aliphatic carbocycles. The molecule has 0 atom stereocenters. The third-order valence-electron chi connectivity index (χ3n) is 3.75. The molecule has 0 unspecified atom stereocenters. The minimum atomic E-state index is -0.381. The second kappa shape index (κ2) is 6.93. The molecule has 0 bridgehead atoms. The highest BCUT2D eigenvalue weighted by molar-refractivity contribution is 9.10. The van der Waals surface area contributed by atoms with Crippen LogP contribution in [0.25, 0.3) is 0 Å². The van der Waals surface area contributed by atoms with Crippen LogP contribution in [-0.2, 0) is 0 Å². The second-order valence-corrected chi connectivity index (χ2v) is 7.15. The molecule has 23 heavy (non-hydrogen) atoms. The molecule has 0 saturated carbocycles. The topological polar surface area (TPSA) is 49.3 Å². The highest BCUT2D eigenvalue weighted by atomic mass is 79.9. The fourth-order valence-electron chi connectivity index (χ4n) is 2.38. The number of phenolic OH excluding ortho intramolecular Hbond substituents is 1. The van der Waals surface area contributed by atoms with Crippen molar-refractivity contribution in [3.8, 4) is 5.75 Å². The number of rotatable bonds is 3. The number of aryl methyl sites for hydroxylation is 1. The van der Waals surface area contributed by atoms with Crippen LogP contribution < -0.4 is 5.32 Å². The zero-order valence-electron chi connectivity index (χ0n) is 13.5. The van der Waals surface area contributed by atoms with Crippen LogP contribution in [0.2, 0.25) is 5.02 Å². The van der Waals surface area contributed by atoms with E-state index >= 15 is 0 Å². The maximum absolute atomic E-state index is 12.7. The van der Waals surface area contributed by atoms with E-state index in [1.807, 2.05) is 32.9 Å². The first kappa shape index (κ1) is 17.8. The van der Waals surface area contributed by atoms with Crippen LogP contribution in [0.4, 0.5) is 5.69 Å². The monoisotopic (exact) mass is 395 g/mol. The van der Waals surface area contributed by atoms with E-state index in [-0.39, 0.29) is 23.1 Å². The molecule has 0 heterocycles. The molecule has 5 heteroatoms. The second-order valence-electron chi connectivity index (χ2n) is 5.89. The quantitative estimate of drug-likeness (QED) is 0.688. The molecule has 2 aromatic rings. The van der Waals surface area contributed by atoms with Gasteiger partial charge in [-0.1, -0.05) is 47.4 Å². The number of halogens is 2. The molecular weight excluding hydrogens is 378 g/mol. The molecule has 2 rings (SSSR count). The maximum atomic E-state index is 12.7. The summed E-state index contributed by atoms with van der Waals surface area (Å²) in [6.07, 6.45) is 0. The Bertz CT molecular complexity index is 772. The molecule has 0 saturated heterocycles. The Kier molecular flexibility index (Phi) is 5.37. The Hall–Kier alpha value is -1.52. The number of hydrogen-bond donors (Lipinski definition) is 2. The fraction of sp³-hybridized carbons (Fsp3) is 0.278. The van der Waals surface area contributed by atoms with Gasteiger partial charge in [0.2, 0.25) is 0 Å². The van der Waals surface area contributed by atoms with E-state index < -0.39 is 0 Å². The molecule has 3 nitrogen and oxygen atoms in total. The maximum Gasteiger partial charge on any atom is 0.259 e. The molecule has 0 fully saturated rings. The van der Waals surface area contributed by atoms with Crippen molar-refractivity contribution in [1.82, 2.24) is 0 Å². The van der Waals surface area contributed by atoms with Crippen molar-refractivity contribution in [2.24, 2.45) is 0 Å². The Morgan fingerprint density at radius 3 is 2.48 bits per heavy atom. The minimum Gasteiger partial charge on any atom is -0.507 e. The van der Waals surface area contributed by atoms with Gasteiger partial charge in [-0.25, -0.2) is 0 Å². The summed E-state index contributed by atoms with van der Waals surface area (Å²) in [6.45, 7) is 7.65. The van der Waals surface area contributed by atoms with Gasteiger partial charge in [0.15, 0.2) is 0 Å². The number of carbonyl (C=O) groups excluding carboxylic acids is 1. The lowest BCUT2D eigenvalue weighted by atomic mass is 9.95. The number of carbonyl (C=O) groups is 1. The van der Waals surface area contributed by atoms with Crippen LogP contribution in [0.3, 0.4) is 0 Å². The van der Waals surface area contributed by atoms with Crippen molar-refractivity contribution in [1.29, 1.82) is 0 Å². The third-order valence-corrected chi connectivity index (χ3v) is 4.88. The number of phenols is 1. The number of hydrogen-bond acceptors (Lipinski definition) is 2. The lowest BCUT2D eigenvalue weighted by molar-refractivity contribution is 0.102. The van der Waals surface area contributed by atoms with E-state index in [1.54, 1.807) is 19.1 Å². The van der Waals surface area contributed by atoms with E-state index in [9.17, 15) is 9.90 Å². The van der Waals surface area contributed by atoms with E-state index in [4.69, 9.17) is 11.6 Å². The first-order valence-electron chi connectivity index (χ1n) is 7.31. The standard InChI is InChI=1S/C18H19BrClNO2/c1-9(2)12-8-13(19)11(4)16(17(12)22)18(23)21-15-6-5-10(3)7-14(15)20/h5-9,22H,1-4H3,(H,21,23). The van der Waals surface area contributed by atoms with E-state index in [0.717, 1.165) is 15.6 Å². The van der Waals surface area contributed by atoms with Crippen LogP contribution >= 0.6 is 27.5 Å². The normalized spacial score (nSPS) is 10.9. The van der Waals surface area contributed by atoms with Gasteiger partial charge in [0.05, 0.1) is 16.3 Å². The number of anilines is 1. The predicted molar refractivity (Wildman–Crippen MR) is 98.8 cm³/mol.